The molecule has 0 N–H and O–H groups in total. The molecule has 0 aliphatic carbocycles. The molecule has 110 valence electrons. The van der Waals surface area contributed by atoms with Crippen LogP contribution in [-0.2, 0) is 11.3 Å². The van der Waals surface area contributed by atoms with Crippen LogP contribution in [-0.4, -0.2) is 15.9 Å². The summed E-state index contributed by atoms with van der Waals surface area (Å²) in [5.41, 5.74) is 4.25. The molecule has 0 atom stereocenters. The minimum atomic E-state index is -0.0134. The van der Waals surface area contributed by atoms with Crippen molar-refractivity contribution in [2.75, 3.05) is 4.90 Å². The van der Waals surface area contributed by atoms with Crippen molar-refractivity contribution < 1.29 is 4.79 Å². The summed E-state index contributed by atoms with van der Waals surface area (Å²) in [4.78, 5) is 23.0. The number of hydrogen-bond acceptors (Lipinski definition) is 3. The number of carbonyl (C=O) groups excluding carboxylic acids is 1. The molecule has 0 radical (unpaired) electrons. The van der Waals surface area contributed by atoms with Gasteiger partial charge in [-0.3, -0.25) is 4.79 Å². The number of aromatic nitrogens is 2. The smallest absolute Gasteiger partial charge is 0.224 e. The van der Waals surface area contributed by atoms with Crippen LogP contribution in [0.25, 0.3) is 11.0 Å². The zero-order valence-corrected chi connectivity index (χ0v) is 12.7. The van der Waals surface area contributed by atoms with E-state index >= 15 is 0 Å². The molecule has 0 aliphatic rings. The second kappa shape index (κ2) is 5.93. The van der Waals surface area contributed by atoms with Gasteiger partial charge in [-0.2, -0.15) is 0 Å². The first-order valence-electron chi connectivity index (χ1n) is 7.20. The Bertz CT molecular complexity index is 815. The van der Waals surface area contributed by atoms with Crippen LogP contribution < -0.4 is 4.90 Å². The Morgan fingerprint density at radius 3 is 2.18 bits per heavy atom. The van der Waals surface area contributed by atoms with Gasteiger partial charge >= 0.3 is 0 Å². The summed E-state index contributed by atoms with van der Waals surface area (Å²) in [7, 11) is 0. The Kier molecular flexibility index (Phi) is 3.83. The molecule has 1 amide bonds. The minimum absolute atomic E-state index is 0.0134. The van der Waals surface area contributed by atoms with Gasteiger partial charge in [0, 0.05) is 12.6 Å². The number of amides is 1. The first-order chi connectivity index (χ1) is 10.6. The first-order valence-corrected chi connectivity index (χ1v) is 7.20. The predicted molar refractivity (Wildman–Crippen MR) is 87.6 cm³/mol. The molecule has 0 aliphatic heterocycles. The lowest BCUT2D eigenvalue weighted by atomic mass is 10.2. The molecule has 1 aromatic heterocycles. The van der Waals surface area contributed by atoms with Crippen LogP contribution in [0.4, 0.5) is 5.69 Å². The van der Waals surface area contributed by atoms with Gasteiger partial charge in [-0.05, 0) is 31.2 Å². The number of anilines is 1. The van der Waals surface area contributed by atoms with Gasteiger partial charge in [-0.1, -0.05) is 30.3 Å². The van der Waals surface area contributed by atoms with Crippen molar-refractivity contribution in [2.24, 2.45) is 0 Å². The fourth-order valence-electron chi connectivity index (χ4n) is 2.42. The van der Waals surface area contributed by atoms with Crippen molar-refractivity contribution >= 4 is 22.6 Å². The summed E-state index contributed by atoms with van der Waals surface area (Å²) in [6.07, 6.45) is 0. The van der Waals surface area contributed by atoms with Crippen LogP contribution in [0.5, 0.6) is 0 Å². The van der Waals surface area contributed by atoms with E-state index in [0.717, 1.165) is 28.1 Å². The number of aryl methyl sites for hydroxylation is 1. The number of benzene rings is 2. The minimum Gasteiger partial charge on any atom is -0.307 e. The topological polar surface area (TPSA) is 46.1 Å². The summed E-state index contributed by atoms with van der Waals surface area (Å²) in [5.74, 6) is -0.0134. The van der Waals surface area contributed by atoms with Gasteiger partial charge in [0.25, 0.3) is 0 Å². The summed E-state index contributed by atoms with van der Waals surface area (Å²) in [6.45, 7) is 3.91. The average molecular weight is 291 g/mol. The van der Waals surface area contributed by atoms with E-state index in [1.54, 1.807) is 11.8 Å². The predicted octanol–water partition coefficient (Wildman–Crippen LogP) is 3.49. The number of hydrogen-bond donors (Lipinski definition) is 0. The zero-order chi connectivity index (χ0) is 15.5. The van der Waals surface area contributed by atoms with E-state index in [4.69, 9.17) is 0 Å². The van der Waals surface area contributed by atoms with Crippen molar-refractivity contribution in [2.45, 2.75) is 20.4 Å². The van der Waals surface area contributed by atoms with Crippen LogP contribution >= 0.6 is 0 Å². The summed E-state index contributed by atoms with van der Waals surface area (Å²) < 4.78 is 0. The van der Waals surface area contributed by atoms with Crippen molar-refractivity contribution in [1.29, 1.82) is 0 Å². The van der Waals surface area contributed by atoms with Crippen molar-refractivity contribution in [3.8, 4) is 0 Å². The molecule has 4 nitrogen and oxygen atoms in total. The van der Waals surface area contributed by atoms with Gasteiger partial charge in [-0.15, -0.1) is 0 Å². The van der Waals surface area contributed by atoms with Gasteiger partial charge in [0.1, 0.15) is 0 Å². The number of nitrogens with zero attached hydrogens (tertiary/aromatic N) is 3. The Balaban J connectivity index is 2.00. The SMILES string of the molecule is CC(=O)N(Cc1nc2ccccc2nc1C)c1ccccc1. The molecule has 0 fully saturated rings. The fraction of sp³-hybridized carbons (Fsp3) is 0.167. The van der Waals surface area contributed by atoms with Crippen molar-refractivity contribution in [3.05, 3.63) is 66.0 Å². The van der Waals surface area contributed by atoms with Gasteiger partial charge in [0.2, 0.25) is 5.91 Å². The molecular formula is C18H17N3O. The van der Waals surface area contributed by atoms with Gasteiger partial charge in [0.05, 0.1) is 29.0 Å². The molecule has 0 saturated carbocycles. The summed E-state index contributed by atoms with van der Waals surface area (Å²) >= 11 is 0. The lowest BCUT2D eigenvalue weighted by molar-refractivity contribution is -0.116. The summed E-state index contributed by atoms with van der Waals surface area (Å²) in [6, 6.07) is 17.4. The molecule has 22 heavy (non-hydrogen) atoms. The first kappa shape index (κ1) is 14.2. The molecule has 0 bridgehead atoms. The third-order valence-electron chi connectivity index (χ3n) is 3.60. The molecule has 0 unspecified atom stereocenters. The van der Waals surface area contributed by atoms with Crippen molar-refractivity contribution in [3.63, 3.8) is 0 Å². The zero-order valence-electron chi connectivity index (χ0n) is 12.7. The van der Waals surface area contributed by atoms with Crippen LogP contribution in [0.1, 0.15) is 18.3 Å². The summed E-state index contributed by atoms with van der Waals surface area (Å²) in [5, 5.41) is 0. The van der Waals surface area contributed by atoms with Gasteiger partial charge in [0.15, 0.2) is 0 Å². The number of para-hydroxylation sites is 3. The second-order valence-electron chi connectivity index (χ2n) is 5.19. The van der Waals surface area contributed by atoms with E-state index in [1.807, 2.05) is 61.5 Å². The molecule has 4 heteroatoms. The molecule has 3 rings (SSSR count). The van der Waals surface area contributed by atoms with Gasteiger partial charge in [-0.25, -0.2) is 9.97 Å². The highest BCUT2D eigenvalue weighted by molar-refractivity contribution is 5.91. The lowest BCUT2D eigenvalue weighted by Crippen LogP contribution is -2.28. The molecular weight excluding hydrogens is 274 g/mol. The highest BCUT2D eigenvalue weighted by Crippen LogP contribution is 2.19. The number of fused-ring (bicyclic) bond motifs is 1. The normalized spacial score (nSPS) is 10.6. The highest BCUT2D eigenvalue weighted by Gasteiger charge is 2.15. The van der Waals surface area contributed by atoms with E-state index in [0.29, 0.717) is 6.54 Å². The van der Waals surface area contributed by atoms with Gasteiger partial charge < -0.3 is 4.90 Å². The number of carbonyl (C=O) groups is 1. The Hall–Kier alpha value is -2.75. The average Bonchev–Trinajstić information content (AvgIpc) is 2.53. The fourth-order valence-corrected chi connectivity index (χ4v) is 2.42. The Labute approximate surface area is 129 Å². The maximum Gasteiger partial charge on any atom is 0.224 e. The lowest BCUT2D eigenvalue weighted by Gasteiger charge is -2.21. The molecule has 0 spiro atoms. The Morgan fingerprint density at radius 1 is 0.955 bits per heavy atom. The maximum absolute atomic E-state index is 12.0. The van der Waals surface area contributed by atoms with Crippen molar-refractivity contribution in [1.82, 2.24) is 9.97 Å². The standard InChI is InChI=1S/C18H17N3O/c1-13-18(20-17-11-7-6-10-16(17)19-13)12-21(14(2)22)15-8-4-3-5-9-15/h3-11H,12H2,1-2H3. The highest BCUT2D eigenvalue weighted by atomic mass is 16.2. The van der Waals surface area contributed by atoms with E-state index in [9.17, 15) is 4.79 Å². The second-order valence-corrected chi connectivity index (χ2v) is 5.19. The molecule has 2 aromatic carbocycles. The third kappa shape index (κ3) is 2.81. The van der Waals surface area contributed by atoms with E-state index in [-0.39, 0.29) is 5.91 Å². The number of rotatable bonds is 3. The van der Waals surface area contributed by atoms with Crippen LogP contribution in [0.3, 0.4) is 0 Å². The van der Waals surface area contributed by atoms with Crippen LogP contribution in [0.2, 0.25) is 0 Å². The van der Waals surface area contributed by atoms with E-state index < -0.39 is 0 Å². The Morgan fingerprint density at radius 2 is 1.55 bits per heavy atom. The van der Waals surface area contributed by atoms with Crippen LogP contribution in [0, 0.1) is 6.92 Å². The van der Waals surface area contributed by atoms with E-state index in [2.05, 4.69) is 9.97 Å². The van der Waals surface area contributed by atoms with E-state index in [1.165, 1.54) is 0 Å². The maximum atomic E-state index is 12.0. The monoisotopic (exact) mass is 291 g/mol. The molecule has 1 heterocycles. The third-order valence-corrected chi connectivity index (χ3v) is 3.60. The molecule has 3 aromatic rings. The quantitative estimate of drug-likeness (QED) is 0.742. The largest absolute Gasteiger partial charge is 0.307 e. The van der Waals surface area contributed by atoms with Crippen LogP contribution in [0.15, 0.2) is 54.6 Å². The molecule has 0 saturated heterocycles.